The lowest BCUT2D eigenvalue weighted by Crippen LogP contribution is -2.57. The van der Waals surface area contributed by atoms with Gasteiger partial charge >= 0.3 is 11.8 Å². The van der Waals surface area contributed by atoms with Gasteiger partial charge in [-0.1, -0.05) is 25.7 Å². The van der Waals surface area contributed by atoms with Crippen LogP contribution in [0.1, 0.15) is 64.2 Å². The highest BCUT2D eigenvalue weighted by atomic mass is 19.3. The molecule has 0 aromatic rings. The van der Waals surface area contributed by atoms with Crippen molar-refractivity contribution in [3.63, 3.8) is 0 Å². The molecule has 2 aliphatic rings. The van der Waals surface area contributed by atoms with Crippen molar-refractivity contribution < 1.29 is 27.8 Å². The zero-order valence-corrected chi connectivity index (χ0v) is 11.5. The summed E-state index contributed by atoms with van der Waals surface area (Å²) in [5.74, 6) is -8.39. The second-order valence-corrected chi connectivity index (χ2v) is 6.42. The molecule has 6 heteroatoms. The van der Waals surface area contributed by atoms with Crippen LogP contribution in [0.4, 0.5) is 17.6 Å². The van der Waals surface area contributed by atoms with E-state index < -0.39 is 35.9 Å². The van der Waals surface area contributed by atoms with Crippen molar-refractivity contribution in [3.05, 3.63) is 0 Å². The van der Waals surface area contributed by atoms with E-state index in [1.807, 2.05) is 0 Å². The number of halogens is 4. The topological polar surface area (TPSA) is 40.5 Å². The minimum absolute atomic E-state index is 0.200. The zero-order chi connectivity index (χ0) is 15.1. The number of alkyl halides is 4. The fourth-order valence-electron chi connectivity index (χ4n) is 3.55. The lowest BCUT2D eigenvalue weighted by Gasteiger charge is -2.44. The van der Waals surface area contributed by atoms with Gasteiger partial charge in [-0.25, -0.2) is 0 Å². The van der Waals surface area contributed by atoms with Crippen LogP contribution in [-0.2, 0) is 0 Å². The van der Waals surface area contributed by atoms with Gasteiger partial charge in [-0.15, -0.1) is 0 Å². The second-order valence-electron chi connectivity index (χ2n) is 6.42. The van der Waals surface area contributed by atoms with Crippen molar-refractivity contribution in [2.45, 2.75) is 87.3 Å². The molecular formula is C14H22F4O2. The molecule has 1 atom stereocenters. The van der Waals surface area contributed by atoms with Crippen LogP contribution in [0, 0.1) is 0 Å². The normalized spacial score (nSPS) is 36.9. The van der Waals surface area contributed by atoms with E-state index in [1.54, 1.807) is 0 Å². The van der Waals surface area contributed by atoms with Gasteiger partial charge in [-0.05, 0) is 25.7 Å². The molecule has 2 nitrogen and oxygen atoms in total. The fourth-order valence-corrected chi connectivity index (χ4v) is 3.55. The number of aliphatic hydroxyl groups is 2. The molecule has 0 aromatic heterocycles. The van der Waals surface area contributed by atoms with Crippen molar-refractivity contribution in [1.82, 2.24) is 0 Å². The molecule has 2 aliphatic carbocycles. The molecule has 2 rings (SSSR count). The third kappa shape index (κ3) is 2.69. The summed E-state index contributed by atoms with van der Waals surface area (Å²) >= 11 is 0. The van der Waals surface area contributed by atoms with Crippen LogP contribution in [0.25, 0.3) is 0 Å². The van der Waals surface area contributed by atoms with Crippen LogP contribution in [0.3, 0.4) is 0 Å². The maximum Gasteiger partial charge on any atom is 0.313 e. The highest BCUT2D eigenvalue weighted by Gasteiger charge is 2.64. The third-order valence-electron chi connectivity index (χ3n) is 4.93. The first kappa shape index (κ1) is 16.0. The Kier molecular flexibility index (Phi) is 4.11. The van der Waals surface area contributed by atoms with E-state index in [0.29, 0.717) is 12.8 Å². The Morgan fingerprint density at radius 3 is 1.60 bits per heavy atom. The van der Waals surface area contributed by atoms with Gasteiger partial charge in [0.05, 0.1) is 11.2 Å². The molecule has 0 spiro atoms. The van der Waals surface area contributed by atoms with Crippen LogP contribution in [0.2, 0.25) is 0 Å². The fraction of sp³-hybridized carbons (Fsp3) is 1.00. The van der Waals surface area contributed by atoms with Crippen LogP contribution in [0.5, 0.6) is 0 Å². The lowest BCUT2D eigenvalue weighted by molar-refractivity contribution is -0.249. The summed E-state index contributed by atoms with van der Waals surface area (Å²) in [5, 5.41) is 21.2. The average molecular weight is 298 g/mol. The first-order valence-electron chi connectivity index (χ1n) is 7.32. The molecule has 118 valence electrons. The SMILES string of the molecule is OC1(C2(O)CCCC(F)(F)C(F)(F)C2)CCCCCC1. The monoisotopic (exact) mass is 298 g/mol. The van der Waals surface area contributed by atoms with Gasteiger partial charge in [0.15, 0.2) is 0 Å². The smallest absolute Gasteiger partial charge is 0.313 e. The van der Waals surface area contributed by atoms with E-state index in [4.69, 9.17) is 0 Å². The predicted octanol–water partition coefficient (Wildman–Crippen LogP) is 3.65. The number of hydrogen-bond acceptors (Lipinski definition) is 2. The quantitative estimate of drug-likeness (QED) is 0.573. The van der Waals surface area contributed by atoms with Crippen LogP contribution < -0.4 is 0 Å². The van der Waals surface area contributed by atoms with Crippen LogP contribution in [-0.4, -0.2) is 33.3 Å². The van der Waals surface area contributed by atoms with Crippen LogP contribution >= 0.6 is 0 Å². The lowest BCUT2D eigenvalue weighted by atomic mass is 9.72. The van der Waals surface area contributed by atoms with Crippen molar-refractivity contribution in [3.8, 4) is 0 Å². The zero-order valence-electron chi connectivity index (χ0n) is 11.5. The molecule has 2 fully saturated rings. The summed E-state index contributed by atoms with van der Waals surface area (Å²) in [6.45, 7) is 0. The van der Waals surface area contributed by atoms with E-state index in [0.717, 1.165) is 12.8 Å². The molecule has 20 heavy (non-hydrogen) atoms. The van der Waals surface area contributed by atoms with E-state index in [1.165, 1.54) is 0 Å². The Hall–Kier alpha value is -0.360. The van der Waals surface area contributed by atoms with Gasteiger partial charge in [0.2, 0.25) is 0 Å². The first-order chi connectivity index (χ1) is 9.12. The Morgan fingerprint density at radius 2 is 1.05 bits per heavy atom. The van der Waals surface area contributed by atoms with E-state index in [2.05, 4.69) is 0 Å². The maximum atomic E-state index is 13.7. The Morgan fingerprint density at radius 1 is 0.550 bits per heavy atom. The van der Waals surface area contributed by atoms with Crippen molar-refractivity contribution in [2.24, 2.45) is 0 Å². The predicted molar refractivity (Wildman–Crippen MR) is 66.0 cm³/mol. The maximum absolute atomic E-state index is 13.7. The number of rotatable bonds is 1. The highest BCUT2D eigenvalue weighted by molar-refractivity contribution is 5.07. The summed E-state index contributed by atoms with van der Waals surface area (Å²) in [6.07, 6.45) is 0.672. The Labute approximate surface area is 116 Å². The summed E-state index contributed by atoms with van der Waals surface area (Å²) in [7, 11) is 0. The Balaban J connectivity index is 2.28. The van der Waals surface area contributed by atoms with E-state index >= 15 is 0 Å². The van der Waals surface area contributed by atoms with Gasteiger partial charge in [0.1, 0.15) is 0 Å². The van der Waals surface area contributed by atoms with Crippen molar-refractivity contribution in [2.75, 3.05) is 0 Å². The van der Waals surface area contributed by atoms with Gasteiger partial charge in [-0.2, -0.15) is 17.6 Å². The molecule has 1 unspecified atom stereocenters. The molecule has 0 aliphatic heterocycles. The van der Waals surface area contributed by atoms with Gasteiger partial charge in [-0.3, -0.25) is 0 Å². The highest BCUT2D eigenvalue weighted by Crippen LogP contribution is 2.52. The molecule has 2 saturated carbocycles. The molecule has 0 saturated heterocycles. The van der Waals surface area contributed by atoms with Crippen molar-refractivity contribution in [1.29, 1.82) is 0 Å². The van der Waals surface area contributed by atoms with Gasteiger partial charge < -0.3 is 10.2 Å². The summed E-state index contributed by atoms with van der Waals surface area (Å²) in [5.41, 5.74) is -3.80. The number of hydrogen-bond donors (Lipinski definition) is 2. The van der Waals surface area contributed by atoms with Crippen LogP contribution in [0.15, 0.2) is 0 Å². The molecule has 0 aromatic carbocycles. The van der Waals surface area contributed by atoms with Gasteiger partial charge in [0, 0.05) is 12.8 Å². The molecule has 0 radical (unpaired) electrons. The summed E-state index contributed by atoms with van der Waals surface area (Å²) in [4.78, 5) is 0. The molecule has 0 heterocycles. The molecular weight excluding hydrogens is 276 g/mol. The Bertz CT molecular complexity index is 351. The second kappa shape index (κ2) is 5.13. The third-order valence-corrected chi connectivity index (χ3v) is 4.93. The van der Waals surface area contributed by atoms with E-state index in [9.17, 15) is 27.8 Å². The largest absolute Gasteiger partial charge is 0.387 e. The minimum Gasteiger partial charge on any atom is -0.387 e. The van der Waals surface area contributed by atoms with Crippen molar-refractivity contribution >= 4 is 0 Å². The standard InChI is InChI=1S/C14H22F4O2/c15-13(16)9-5-8-12(20,10-14(13,17)18)11(19)6-3-1-2-4-7-11/h19-20H,1-10H2. The van der Waals surface area contributed by atoms with E-state index in [-0.39, 0.29) is 25.7 Å². The molecule has 2 N–H and O–H groups in total. The minimum atomic E-state index is -4.28. The average Bonchev–Trinajstić information content (AvgIpc) is 2.57. The first-order valence-corrected chi connectivity index (χ1v) is 7.32. The molecule has 0 amide bonds. The van der Waals surface area contributed by atoms with Gasteiger partial charge in [0.25, 0.3) is 0 Å². The summed E-state index contributed by atoms with van der Waals surface area (Å²) < 4.78 is 54.3. The summed E-state index contributed by atoms with van der Waals surface area (Å²) in [6, 6.07) is 0. The molecule has 0 bridgehead atoms.